The number of aliphatic hydroxyl groups is 1. The molecule has 2 saturated heterocycles. The maximum absolute atomic E-state index is 10.7. The number of hydrogen-bond acceptors (Lipinski definition) is 10. The molecule has 0 bridgehead atoms. The number of aliphatic hydroxyl groups excluding tert-OH is 1. The molecule has 2 radical (unpaired) electrons. The van der Waals surface area contributed by atoms with E-state index in [0.29, 0.717) is 11.5 Å². The summed E-state index contributed by atoms with van der Waals surface area (Å²) >= 11 is 5.89. The molecular formula is C11H14BClN6O5P+. The summed E-state index contributed by atoms with van der Waals surface area (Å²) in [6, 6.07) is 0. The average molecular weight is 388 g/mol. The van der Waals surface area contributed by atoms with E-state index in [-0.39, 0.29) is 23.4 Å². The quantitative estimate of drug-likeness (QED) is 0.305. The van der Waals surface area contributed by atoms with E-state index in [9.17, 15) is 10.00 Å². The summed E-state index contributed by atoms with van der Waals surface area (Å²) in [5.41, 5.74) is 6.43. The van der Waals surface area contributed by atoms with Crippen molar-refractivity contribution >= 4 is 49.9 Å². The zero-order valence-electron chi connectivity index (χ0n) is 12.9. The highest BCUT2D eigenvalue weighted by atomic mass is 35.5. The molecule has 0 saturated carbocycles. The molecule has 11 nitrogen and oxygen atoms in total. The number of nitrogen functional groups attached to an aromatic ring is 1. The van der Waals surface area contributed by atoms with Gasteiger partial charge >= 0.3 is 15.4 Å². The lowest BCUT2D eigenvalue weighted by Gasteiger charge is -2.27. The number of nitrogens with two attached hydrogens (primary N) is 1. The molecule has 2 fully saturated rings. The summed E-state index contributed by atoms with van der Waals surface area (Å²) in [4.78, 5) is 22.1. The molecule has 0 aromatic carbocycles. The minimum absolute atomic E-state index is 0.0155. The van der Waals surface area contributed by atoms with E-state index in [1.165, 1.54) is 4.57 Å². The van der Waals surface area contributed by atoms with Crippen molar-refractivity contribution in [2.45, 2.75) is 24.5 Å². The molecule has 2 aliphatic rings. The van der Waals surface area contributed by atoms with Gasteiger partial charge in [-0.3, -0.25) is 4.57 Å². The zero-order chi connectivity index (χ0) is 17.9. The van der Waals surface area contributed by atoms with Gasteiger partial charge in [0, 0.05) is 7.05 Å². The number of halogens is 1. The maximum Gasteiger partial charge on any atom is 0.488 e. The number of nitrogens with zero attached hydrogens (tertiary/aromatic N) is 4. The van der Waals surface area contributed by atoms with Gasteiger partial charge in [-0.1, -0.05) is 0 Å². The van der Waals surface area contributed by atoms with Crippen molar-refractivity contribution in [1.82, 2.24) is 19.5 Å². The number of nitrogens with one attached hydrogen (secondary N) is 1. The molecule has 5 atom stereocenters. The van der Waals surface area contributed by atoms with Crippen molar-refractivity contribution in [3.63, 3.8) is 0 Å². The fraction of sp³-hybridized carbons (Fsp3) is 0.545. The number of fused-ring (bicyclic) bond motifs is 2. The Bertz CT molecular complexity index is 839. The van der Waals surface area contributed by atoms with Gasteiger partial charge in [0.2, 0.25) is 11.2 Å². The van der Waals surface area contributed by atoms with Gasteiger partial charge in [0.25, 0.3) is 0 Å². The summed E-state index contributed by atoms with van der Waals surface area (Å²) in [5.74, 6) is 0.427. The normalized spacial score (nSPS) is 35.0. The first-order chi connectivity index (χ1) is 11.8. The lowest BCUT2D eigenvalue weighted by atomic mass is 10.1. The van der Waals surface area contributed by atoms with Gasteiger partial charge in [-0.05, 0) is 11.6 Å². The lowest BCUT2D eigenvalue weighted by molar-refractivity contribution is -0.0597. The van der Waals surface area contributed by atoms with Crippen LogP contribution in [0, 0.1) is 0 Å². The lowest BCUT2D eigenvalue weighted by Crippen LogP contribution is -2.40. The van der Waals surface area contributed by atoms with Crippen molar-refractivity contribution in [2.24, 2.45) is 0 Å². The van der Waals surface area contributed by atoms with Crippen LogP contribution in [-0.4, -0.2) is 69.1 Å². The predicted octanol–water partition coefficient (Wildman–Crippen LogP) is -0.384. The molecule has 2 aromatic rings. The molecule has 0 spiro atoms. The van der Waals surface area contributed by atoms with Crippen LogP contribution in [0.25, 0.3) is 11.2 Å². The average Bonchev–Trinajstić information content (AvgIpc) is 3.05. The number of aromatic nitrogens is 4. The van der Waals surface area contributed by atoms with Crippen molar-refractivity contribution in [3.05, 3.63) is 5.28 Å². The van der Waals surface area contributed by atoms with Gasteiger partial charge < -0.3 is 20.9 Å². The fourth-order valence-corrected chi connectivity index (χ4v) is 4.17. The Morgan fingerprint density at radius 3 is 2.92 bits per heavy atom. The molecule has 1 unspecified atom stereocenters. The maximum atomic E-state index is 10.7. The van der Waals surface area contributed by atoms with Crippen molar-refractivity contribution in [1.29, 1.82) is 0 Å². The third-order valence-electron chi connectivity index (χ3n) is 4.02. The second-order valence-electron chi connectivity index (χ2n) is 5.59. The van der Waals surface area contributed by atoms with E-state index in [2.05, 4.69) is 20.3 Å². The Labute approximate surface area is 148 Å². The van der Waals surface area contributed by atoms with E-state index in [1.54, 1.807) is 7.05 Å². The first kappa shape index (κ1) is 17.2. The minimum Gasteiger partial charge on any atom is -0.385 e. The topological polar surface area (TPSA) is 150 Å². The largest absolute Gasteiger partial charge is 0.488 e. The second-order valence-corrected chi connectivity index (χ2v) is 7.53. The van der Waals surface area contributed by atoms with Gasteiger partial charge in [-0.2, -0.15) is 19.0 Å². The number of ether oxygens (including phenoxy) is 1. The molecular weight excluding hydrogens is 373 g/mol. The van der Waals surface area contributed by atoms with Crippen LogP contribution in [0.1, 0.15) is 6.23 Å². The van der Waals surface area contributed by atoms with Crippen LogP contribution in [0.15, 0.2) is 0 Å². The Morgan fingerprint density at radius 2 is 2.20 bits per heavy atom. The molecule has 132 valence electrons. The van der Waals surface area contributed by atoms with E-state index in [4.69, 9.17) is 38.7 Å². The first-order valence-corrected chi connectivity index (χ1v) is 9.28. The number of imidazole rings is 1. The molecule has 5 N–H and O–H groups in total. The van der Waals surface area contributed by atoms with Crippen LogP contribution < -0.4 is 11.1 Å². The predicted molar refractivity (Wildman–Crippen MR) is 89.9 cm³/mol. The first-order valence-electron chi connectivity index (χ1n) is 7.26. The number of anilines is 2. The molecule has 0 aliphatic carbocycles. The molecule has 14 heteroatoms. The SMILES string of the molecule is [B][P+]1(O)OC[C@H]2O[C@@H](n3c(NC)nc4c(N)nc(Cl)nc43)[C@@H](O)[C@H]2O1. The molecule has 25 heavy (non-hydrogen) atoms. The monoisotopic (exact) mass is 387 g/mol. The van der Waals surface area contributed by atoms with Crippen LogP contribution >= 0.6 is 19.4 Å². The molecule has 2 aromatic heterocycles. The van der Waals surface area contributed by atoms with Crippen LogP contribution in [0.4, 0.5) is 11.8 Å². The van der Waals surface area contributed by atoms with E-state index in [1.807, 2.05) is 0 Å². The standard InChI is InChI=1S/C11H14BClN6O5P/c1-15-11-16-4-7(14)17-10(13)18-8(4)19(11)9-5(20)6-3(23-9)2-22-25(12,21)24-6/h3,5-6,9,20-21H,2H2,1H3,(H,15,16)(H2,14,17,18)/q+1/t3-,5+,6+,9-,25?/m1/s1. The van der Waals surface area contributed by atoms with Crippen LogP contribution in [0.5, 0.6) is 0 Å². The van der Waals surface area contributed by atoms with Gasteiger partial charge in [0.1, 0.15) is 18.8 Å². The fourth-order valence-electron chi connectivity index (χ4n) is 2.97. The van der Waals surface area contributed by atoms with E-state index < -0.39 is 32.4 Å². The highest BCUT2D eigenvalue weighted by Gasteiger charge is 2.57. The summed E-state index contributed by atoms with van der Waals surface area (Å²) in [6.07, 6.45) is -3.59. The van der Waals surface area contributed by atoms with Gasteiger partial charge in [0.05, 0.1) is 0 Å². The van der Waals surface area contributed by atoms with Crippen molar-refractivity contribution < 1.29 is 23.8 Å². The third-order valence-corrected chi connectivity index (χ3v) is 5.26. The molecule has 2 aliphatic heterocycles. The summed E-state index contributed by atoms with van der Waals surface area (Å²) in [7, 11) is 3.68. The van der Waals surface area contributed by atoms with Crippen LogP contribution in [0.3, 0.4) is 0 Å². The van der Waals surface area contributed by atoms with E-state index in [0.717, 1.165) is 0 Å². The Hall–Kier alpha value is -1.27. The summed E-state index contributed by atoms with van der Waals surface area (Å²) in [5, 5.41) is 13.5. The molecule has 4 heterocycles. The number of hydrogen-bond donors (Lipinski definition) is 4. The zero-order valence-corrected chi connectivity index (χ0v) is 14.6. The van der Waals surface area contributed by atoms with Crippen LogP contribution in [-0.2, 0) is 13.8 Å². The van der Waals surface area contributed by atoms with Crippen molar-refractivity contribution in [2.75, 3.05) is 24.7 Å². The van der Waals surface area contributed by atoms with Gasteiger partial charge in [-0.25, -0.2) is 9.88 Å². The van der Waals surface area contributed by atoms with Gasteiger partial charge in [-0.15, -0.1) is 0 Å². The molecule has 0 amide bonds. The summed E-state index contributed by atoms with van der Waals surface area (Å²) in [6.45, 7) is -0.0155. The number of rotatable bonds is 2. The smallest absolute Gasteiger partial charge is 0.385 e. The second kappa shape index (κ2) is 5.88. The van der Waals surface area contributed by atoms with Gasteiger partial charge in [0.15, 0.2) is 29.3 Å². The Balaban J connectivity index is 1.80. The Kier molecular flexibility index (Phi) is 4.04. The minimum atomic E-state index is -3.48. The van der Waals surface area contributed by atoms with Crippen LogP contribution in [0.2, 0.25) is 5.28 Å². The Morgan fingerprint density at radius 1 is 1.44 bits per heavy atom. The summed E-state index contributed by atoms with van der Waals surface area (Å²) < 4.78 is 17.7. The highest BCUT2D eigenvalue weighted by molar-refractivity contribution is 7.85. The third kappa shape index (κ3) is 2.74. The molecule has 4 rings (SSSR count). The van der Waals surface area contributed by atoms with Crippen molar-refractivity contribution in [3.8, 4) is 0 Å². The highest BCUT2D eigenvalue weighted by Crippen LogP contribution is 2.58. The van der Waals surface area contributed by atoms with E-state index >= 15 is 0 Å².